The van der Waals surface area contributed by atoms with Crippen LogP contribution in [0.5, 0.6) is 0 Å². The highest BCUT2D eigenvalue weighted by Crippen LogP contribution is 2.23. The first kappa shape index (κ1) is 22.2. The van der Waals surface area contributed by atoms with Crippen LogP contribution in [0.3, 0.4) is 0 Å². The number of benzene rings is 2. The van der Waals surface area contributed by atoms with Gasteiger partial charge in [0.1, 0.15) is 5.69 Å². The topological polar surface area (TPSA) is 97.1 Å². The molecule has 3 aromatic heterocycles. The fraction of sp³-hybridized carbons (Fsp3) is 0.148. The minimum atomic E-state index is -0.303. The molecule has 174 valence electrons. The molecule has 0 aliphatic heterocycles. The molecule has 0 unspecified atom stereocenters. The van der Waals surface area contributed by atoms with Crippen molar-refractivity contribution in [1.29, 1.82) is 0 Å². The Labute approximate surface area is 203 Å². The van der Waals surface area contributed by atoms with Crippen LogP contribution in [-0.2, 0) is 6.42 Å². The van der Waals surface area contributed by atoms with Crippen molar-refractivity contribution >= 4 is 23.1 Å². The van der Waals surface area contributed by atoms with E-state index in [-0.39, 0.29) is 6.03 Å². The van der Waals surface area contributed by atoms with Gasteiger partial charge < -0.3 is 10.6 Å². The van der Waals surface area contributed by atoms with Gasteiger partial charge in [0.05, 0.1) is 5.69 Å². The van der Waals surface area contributed by atoms with Crippen molar-refractivity contribution in [3.8, 4) is 22.8 Å². The van der Waals surface area contributed by atoms with Crippen molar-refractivity contribution in [3.63, 3.8) is 0 Å². The lowest BCUT2D eigenvalue weighted by atomic mass is 10.1. The zero-order valence-electron chi connectivity index (χ0n) is 19.3. The van der Waals surface area contributed by atoms with Crippen molar-refractivity contribution in [2.45, 2.75) is 26.2 Å². The molecule has 0 aliphatic rings. The summed E-state index contributed by atoms with van der Waals surface area (Å²) in [5.41, 5.74) is 5.58. The average Bonchev–Trinajstić information content (AvgIpc) is 3.32. The van der Waals surface area contributed by atoms with Gasteiger partial charge in [-0.2, -0.15) is 9.61 Å². The molecular formula is C27H25N7O. The molecule has 0 atom stereocenters. The van der Waals surface area contributed by atoms with E-state index < -0.39 is 0 Å². The van der Waals surface area contributed by atoms with Gasteiger partial charge in [0.15, 0.2) is 5.65 Å². The normalized spacial score (nSPS) is 10.9. The van der Waals surface area contributed by atoms with Gasteiger partial charge in [0, 0.05) is 23.1 Å². The van der Waals surface area contributed by atoms with E-state index in [1.165, 1.54) is 5.56 Å². The third kappa shape index (κ3) is 5.16. The average molecular weight is 464 g/mol. The second-order valence-electron chi connectivity index (χ2n) is 8.19. The van der Waals surface area contributed by atoms with Crippen LogP contribution in [0.4, 0.5) is 16.2 Å². The van der Waals surface area contributed by atoms with Crippen LogP contribution in [0.2, 0.25) is 0 Å². The number of aryl methyl sites for hydroxylation is 1. The number of anilines is 2. The number of nitrogens with zero attached hydrogens (tertiary/aromatic N) is 5. The maximum Gasteiger partial charge on any atom is 0.323 e. The lowest BCUT2D eigenvalue weighted by Gasteiger charge is -2.10. The molecule has 0 spiro atoms. The fourth-order valence-corrected chi connectivity index (χ4v) is 3.78. The Kier molecular flexibility index (Phi) is 6.43. The summed E-state index contributed by atoms with van der Waals surface area (Å²) in [7, 11) is 0. The summed E-state index contributed by atoms with van der Waals surface area (Å²) in [5.74, 6) is 0.567. The van der Waals surface area contributed by atoms with E-state index in [0.717, 1.165) is 36.2 Å². The van der Waals surface area contributed by atoms with E-state index in [0.29, 0.717) is 22.9 Å². The summed E-state index contributed by atoms with van der Waals surface area (Å²) in [6.45, 7) is 2.18. The molecule has 35 heavy (non-hydrogen) atoms. The van der Waals surface area contributed by atoms with Crippen molar-refractivity contribution < 1.29 is 4.79 Å². The van der Waals surface area contributed by atoms with Crippen molar-refractivity contribution in [2.24, 2.45) is 0 Å². The van der Waals surface area contributed by atoms with E-state index in [2.05, 4.69) is 44.9 Å². The second-order valence-corrected chi connectivity index (χ2v) is 8.19. The predicted octanol–water partition coefficient (Wildman–Crippen LogP) is 5.84. The molecular weight excluding hydrogens is 438 g/mol. The third-order valence-corrected chi connectivity index (χ3v) is 5.60. The Hall–Kier alpha value is -4.59. The van der Waals surface area contributed by atoms with E-state index in [9.17, 15) is 4.79 Å². The Morgan fingerprint density at radius 2 is 1.71 bits per heavy atom. The number of pyridine rings is 1. The predicted molar refractivity (Wildman–Crippen MR) is 137 cm³/mol. The van der Waals surface area contributed by atoms with Crippen molar-refractivity contribution in [2.75, 3.05) is 10.6 Å². The molecule has 3 heterocycles. The van der Waals surface area contributed by atoms with Crippen LogP contribution in [0.25, 0.3) is 28.4 Å². The van der Waals surface area contributed by atoms with Gasteiger partial charge in [0.25, 0.3) is 0 Å². The number of hydrogen-bond acceptors (Lipinski definition) is 5. The van der Waals surface area contributed by atoms with Gasteiger partial charge in [-0.1, -0.05) is 43.7 Å². The summed E-state index contributed by atoms with van der Waals surface area (Å²) >= 11 is 0. The molecule has 0 fully saturated rings. The molecule has 0 saturated heterocycles. The zero-order chi connectivity index (χ0) is 24.0. The van der Waals surface area contributed by atoms with Gasteiger partial charge in [-0.15, -0.1) is 10.2 Å². The van der Waals surface area contributed by atoms with Crippen LogP contribution in [0.15, 0.2) is 85.1 Å². The molecule has 8 heteroatoms. The van der Waals surface area contributed by atoms with Crippen LogP contribution in [-0.4, -0.2) is 30.8 Å². The van der Waals surface area contributed by atoms with Gasteiger partial charge in [-0.05, 0) is 66.9 Å². The maximum absolute atomic E-state index is 12.6. The number of fused-ring (bicyclic) bond motifs is 1. The largest absolute Gasteiger partial charge is 0.323 e. The van der Waals surface area contributed by atoms with Gasteiger partial charge in [-0.25, -0.2) is 4.79 Å². The highest BCUT2D eigenvalue weighted by Gasteiger charge is 2.12. The first-order valence-electron chi connectivity index (χ1n) is 11.6. The summed E-state index contributed by atoms with van der Waals surface area (Å²) in [4.78, 5) is 16.9. The summed E-state index contributed by atoms with van der Waals surface area (Å²) in [5, 5.41) is 18.9. The molecule has 0 aliphatic carbocycles. The van der Waals surface area contributed by atoms with Gasteiger partial charge in [-0.3, -0.25) is 4.98 Å². The first-order chi connectivity index (χ1) is 17.2. The van der Waals surface area contributed by atoms with E-state index >= 15 is 0 Å². The van der Waals surface area contributed by atoms with E-state index in [1.54, 1.807) is 10.7 Å². The number of unbranched alkanes of at least 4 members (excludes halogenated alkanes) is 1. The van der Waals surface area contributed by atoms with Gasteiger partial charge in [0.2, 0.25) is 5.82 Å². The van der Waals surface area contributed by atoms with E-state index in [4.69, 9.17) is 5.10 Å². The van der Waals surface area contributed by atoms with Crippen molar-refractivity contribution in [1.82, 2.24) is 24.8 Å². The molecule has 0 bridgehead atoms. The fourth-order valence-electron chi connectivity index (χ4n) is 3.78. The number of urea groups is 1. The molecule has 2 amide bonds. The number of amides is 2. The SMILES string of the molecule is CCCCc1ccc(NC(=O)Nc2cccc(-c3ccc4nnc(-c5ccccn5)n4n3)c2)cc1. The lowest BCUT2D eigenvalue weighted by Crippen LogP contribution is -2.19. The second kappa shape index (κ2) is 10.1. The smallest absolute Gasteiger partial charge is 0.308 e. The summed E-state index contributed by atoms with van der Waals surface area (Å²) in [6.07, 6.45) is 5.08. The Bertz CT molecular complexity index is 1450. The van der Waals surface area contributed by atoms with Crippen LogP contribution in [0.1, 0.15) is 25.3 Å². The van der Waals surface area contributed by atoms with Crippen LogP contribution >= 0.6 is 0 Å². The molecule has 5 aromatic rings. The maximum atomic E-state index is 12.6. The zero-order valence-corrected chi connectivity index (χ0v) is 19.3. The third-order valence-electron chi connectivity index (χ3n) is 5.60. The highest BCUT2D eigenvalue weighted by atomic mass is 16.2. The molecule has 2 aromatic carbocycles. The summed E-state index contributed by atoms with van der Waals surface area (Å²) in [6, 6.07) is 24.6. The molecule has 0 saturated carbocycles. The highest BCUT2D eigenvalue weighted by molar-refractivity contribution is 6.00. The van der Waals surface area contributed by atoms with Gasteiger partial charge >= 0.3 is 6.03 Å². The Morgan fingerprint density at radius 1 is 0.857 bits per heavy atom. The number of rotatable bonds is 7. The minimum Gasteiger partial charge on any atom is -0.308 e. The molecule has 0 radical (unpaired) electrons. The quantitative estimate of drug-likeness (QED) is 0.316. The standard InChI is InChI=1S/C27H25N7O/c1-2-3-7-19-11-13-21(14-12-19)29-27(35)30-22-9-6-8-20(18-22)23-15-16-25-31-32-26(34(25)33-23)24-10-4-5-17-28-24/h4-6,8-18H,2-3,7H2,1H3,(H2,29,30,35). The lowest BCUT2D eigenvalue weighted by molar-refractivity contribution is 0.262. The number of nitrogens with one attached hydrogen (secondary N) is 2. The number of carbonyl (C=O) groups is 1. The Morgan fingerprint density at radius 3 is 2.51 bits per heavy atom. The monoisotopic (exact) mass is 463 g/mol. The Balaban J connectivity index is 1.32. The van der Waals surface area contributed by atoms with Crippen LogP contribution in [0, 0.1) is 0 Å². The number of hydrogen-bond donors (Lipinski definition) is 2. The summed E-state index contributed by atoms with van der Waals surface area (Å²) < 4.78 is 1.68. The first-order valence-corrected chi connectivity index (χ1v) is 11.6. The molecule has 8 nitrogen and oxygen atoms in total. The van der Waals surface area contributed by atoms with Crippen LogP contribution < -0.4 is 10.6 Å². The number of aromatic nitrogens is 5. The molecule has 2 N–H and O–H groups in total. The molecule has 5 rings (SSSR count). The van der Waals surface area contributed by atoms with E-state index in [1.807, 2.05) is 66.7 Å². The number of carbonyl (C=O) groups excluding carboxylic acids is 1. The minimum absolute atomic E-state index is 0.303. The van der Waals surface area contributed by atoms with Crippen molar-refractivity contribution in [3.05, 3.63) is 90.6 Å².